The van der Waals surface area contributed by atoms with E-state index >= 15 is 43.2 Å². The van der Waals surface area contributed by atoms with Crippen LogP contribution in [0.4, 0.5) is 0 Å². The summed E-state index contributed by atoms with van der Waals surface area (Å²) in [4.78, 5) is 195. The van der Waals surface area contributed by atoms with E-state index in [-0.39, 0.29) is 76.1 Å². The fraction of sp³-hybridized carbons (Fsp3) is 0.636. The van der Waals surface area contributed by atoms with Crippen LogP contribution in [0, 0.1) is 11.8 Å². The maximum atomic E-state index is 15.8. The third-order valence-electron chi connectivity index (χ3n) is 22.4. The zero-order valence-electron chi connectivity index (χ0n) is 62.7. The van der Waals surface area contributed by atoms with Gasteiger partial charge in [-0.2, -0.15) is 0 Å². The fourth-order valence-electron chi connectivity index (χ4n) is 15.4. The first-order chi connectivity index (χ1) is 49.6. The van der Waals surface area contributed by atoms with Crippen molar-refractivity contribution in [1.82, 2.24) is 60.0 Å². The minimum atomic E-state index is -1.55. The van der Waals surface area contributed by atoms with Gasteiger partial charge >= 0.3 is 0 Å². The number of carbonyl (C=O) groups excluding carboxylic acids is 12. The molecule has 8 aliphatic heterocycles. The molecular weight excluding hydrogens is 1370 g/mol. The summed E-state index contributed by atoms with van der Waals surface area (Å²) in [7, 11) is 8.76. The Labute approximate surface area is 623 Å². The molecule has 9 aliphatic rings. The summed E-state index contributed by atoms with van der Waals surface area (Å²) in [5.41, 5.74) is 0.626. The molecule has 570 valence electrons. The zero-order chi connectivity index (χ0) is 75.9. The molecule has 0 unspecified atom stereocenters. The molecule has 0 aromatic heterocycles. The van der Waals surface area contributed by atoms with Crippen LogP contribution in [-0.2, 0) is 75.1 Å². The number of likely N-dealkylation sites (N-methyl/N-ethyl adjacent to an activating group) is 6. The number of halogens is 2. The van der Waals surface area contributed by atoms with Gasteiger partial charge in [-0.25, -0.2) is 0 Å². The van der Waals surface area contributed by atoms with Crippen LogP contribution in [0.25, 0.3) is 6.08 Å². The molecule has 10 atom stereocenters. The molecule has 1 spiro atoms. The molecule has 2 aromatic carbocycles. The molecule has 104 heavy (non-hydrogen) atoms. The first-order valence-corrected chi connectivity index (χ1v) is 38.2. The molecule has 1 aliphatic carbocycles. The molecule has 27 heteroatoms. The molecule has 4 fully saturated rings. The topological polar surface area (TPSA) is 279 Å². The summed E-state index contributed by atoms with van der Waals surface area (Å²) < 4.78 is 6.13. The summed E-state index contributed by atoms with van der Waals surface area (Å²) in [5.74, 6) is -8.41. The third-order valence-corrected chi connectivity index (χ3v) is 23.1. The van der Waals surface area contributed by atoms with Crippen LogP contribution in [0.3, 0.4) is 0 Å². The molecule has 25 nitrogen and oxygen atoms in total. The lowest BCUT2D eigenvalue weighted by Crippen LogP contribution is -2.68. The summed E-state index contributed by atoms with van der Waals surface area (Å²) in [5, 5.41) is 9.54. The minimum Gasteiger partial charge on any atom is -0.377 e. The summed E-state index contributed by atoms with van der Waals surface area (Å²) >= 11 is 12.8. The number of nitrogens with zero attached hydrogens (tertiary/aromatic N) is 9. The van der Waals surface area contributed by atoms with E-state index in [9.17, 15) is 14.4 Å². The maximum absolute atomic E-state index is 15.8. The lowest BCUT2D eigenvalue weighted by molar-refractivity contribution is -0.158. The Morgan fingerprint density at radius 2 is 1.30 bits per heavy atom. The van der Waals surface area contributed by atoms with Crippen molar-refractivity contribution in [2.75, 3.05) is 88.2 Å². The van der Waals surface area contributed by atoms with Crippen LogP contribution in [0.5, 0.6) is 0 Å². The van der Waals surface area contributed by atoms with Gasteiger partial charge in [0, 0.05) is 87.9 Å². The third kappa shape index (κ3) is 19.6. The van der Waals surface area contributed by atoms with Gasteiger partial charge in [0.2, 0.25) is 70.9 Å². The van der Waals surface area contributed by atoms with Crippen molar-refractivity contribution in [1.29, 1.82) is 0 Å². The monoisotopic (exact) mass is 1480 g/mol. The van der Waals surface area contributed by atoms with Crippen molar-refractivity contribution in [3.63, 3.8) is 0 Å². The maximum Gasteiger partial charge on any atom is 0.248 e. The van der Waals surface area contributed by atoms with Gasteiger partial charge in [0.25, 0.3) is 0 Å². The molecule has 12 amide bonds. The van der Waals surface area contributed by atoms with Gasteiger partial charge in [-0.15, -0.1) is 0 Å². The average Bonchev–Trinajstić information content (AvgIpc) is 1.11. The highest BCUT2D eigenvalue weighted by molar-refractivity contribution is 6.42. The summed E-state index contributed by atoms with van der Waals surface area (Å²) in [6.45, 7) is 9.06. The first-order valence-electron chi connectivity index (χ1n) is 37.4. The largest absolute Gasteiger partial charge is 0.377 e. The van der Waals surface area contributed by atoms with Crippen molar-refractivity contribution in [3.05, 3.63) is 87.4 Å². The lowest BCUT2D eigenvalue weighted by Gasteiger charge is -2.47. The molecule has 3 N–H and O–H groups in total. The summed E-state index contributed by atoms with van der Waals surface area (Å²) in [6, 6.07) is 2.50. The van der Waals surface area contributed by atoms with E-state index in [1.54, 1.807) is 43.0 Å². The second kappa shape index (κ2) is 37.4. The predicted octanol–water partition coefficient (Wildman–Crippen LogP) is 6.05. The van der Waals surface area contributed by atoms with E-state index in [2.05, 4.69) is 16.0 Å². The highest BCUT2D eigenvalue weighted by Crippen LogP contribution is 2.37. The first kappa shape index (κ1) is 81.8. The highest BCUT2D eigenvalue weighted by Gasteiger charge is 2.53. The van der Waals surface area contributed by atoms with E-state index in [4.69, 9.17) is 27.9 Å². The van der Waals surface area contributed by atoms with E-state index in [1.807, 2.05) is 63.3 Å². The molecule has 3 saturated heterocycles. The molecule has 2 aromatic rings. The predicted molar refractivity (Wildman–Crippen MR) is 396 cm³/mol. The SMILES string of the molecule is CCO[C@@H]1C[C@H]2C(=O)NC3(CCC3)C(=O)N(C)[C@@H](C(CC)CC)C(=O)N(C)[C@H](C(=O)N3CCCC3)CC(=O)N(C)[C@H]3CCCC/C=C\c4ccc(cc4)C[C@@H](C(=O)N(C)CC(=O)N[C@@H](CCc4ccc(Cl)c(Cl)c4)C(=O)N2C1)N1CC/C=C\C[C@@H](C1=O)N(C)C(=O)CN(C)C(=O)[C@H]([C@@H](C)CC)NC3=O. The Morgan fingerprint density at radius 1 is 0.615 bits per heavy atom. The number of allylic oxidation sites excluding steroid dienone is 1. The Morgan fingerprint density at radius 3 is 1.94 bits per heavy atom. The van der Waals surface area contributed by atoms with Crippen LogP contribution in [0.15, 0.2) is 60.7 Å². The van der Waals surface area contributed by atoms with Crippen LogP contribution < -0.4 is 16.0 Å². The van der Waals surface area contributed by atoms with Crippen molar-refractivity contribution < 1.29 is 62.3 Å². The molecule has 1 saturated carbocycles. The van der Waals surface area contributed by atoms with Gasteiger partial charge in [-0.3, -0.25) is 57.5 Å². The number of benzene rings is 2. The number of ether oxygens (including phenoxy) is 1. The van der Waals surface area contributed by atoms with Crippen LogP contribution in [0.2, 0.25) is 10.0 Å². The van der Waals surface area contributed by atoms with Crippen molar-refractivity contribution >= 4 is 100 Å². The second-order valence-corrected chi connectivity index (χ2v) is 30.1. The van der Waals surface area contributed by atoms with Gasteiger partial charge in [-0.05, 0) is 125 Å². The Balaban J connectivity index is 1.27. The summed E-state index contributed by atoms with van der Waals surface area (Å²) in [6.07, 6.45) is 12.1. The molecule has 0 radical (unpaired) electrons. The van der Waals surface area contributed by atoms with Gasteiger partial charge < -0.3 is 64.8 Å². The van der Waals surface area contributed by atoms with Crippen molar-refractivity contribution in [2.45, 2.75) is 217 Å². The van der Waals surface area contributed by atoms with E-state index in [0.717, 1.165) is 5.56 Å². The molecule has 11 rings (SSSR count). The number of hydrogen-bond donors (Lipinski definition) is 3. The highest BCUT2D eigenvalue weighted by atomic mass is 35.5. The fourth-order valence-corrected chi connectivity index (χ4v) is 15.7. The Bertz CT molecular complexity index is 3500. The van der Waals surface area contributed by atoms with Crippen LogP contribution in [0.1, 0.15) is 160 Å². The van der Waals surface area contributed by atoms with E-state index in [1.165, 1.54) is 81.5 Å². The quantitative estimate of drug-likeness (QED) is 0.216. The number of hydrogen-bond acceptors (Lipinski definition) is 13. The number of nitrogens with one attached hydrogen (secondary N) is 3. The van der Waals surface area contributed by atoms with Gasteiger partial charge in [0.05, 0.1) is 35.7 Å². The van der Waals surface area contributed by atoms with Crippen molar-refractivity contribution in [3.8, 4) is 0 Å². The van der Waals surface area contributed by atoms with Gasteiger partial charge in [-0.1, -0.05) is 131 Å². The standard InChI is InChI=1S/C77H110Cl2N12O13/c1-12-49(5)66-74(101)84(7)48-65(94)86(9)59-28-21-18-22-41-90(73(59)100)62-43-52-31-29-50(30-32-52)26-19-16-17-20-27-58(68(95)81-66)85(8)64(93)45-61(72(99)89-39-23-24-40-89)87(10)75(102)67(53(13-2)14-3)88(11)76(103)77(37-25-38-77)82-69(96)60-44-54(104-15-4)46-91(60)70(97)57(80-63(92)47-83(6)71(62)98)36-34-51-33-35-55(78)56(79)42-51/h18-19,21,26,29-33,35,42,49,53-54,57-62,66-67H,12-17,20,22-25,27-28,34,36-41,43-48H2,1-11H3,(H,80,92)(H,81,95)(H,82,96)/b21-18-,26-19-/t49-,54+,57-,58-,59-,60-,61-,62-,66-,67-/m0/s1. The Kier molecular flexibility index (Phi) is 29.4. The molecule has 6 bridgehead atoms. The van der Waals surface area contributed by atoms with Gasteiger partial charge in [0.15, 0.2) is 0 Å². The van der Waals surface area contributed by atoms with Gasteiger partial charge in [0.1, 0.15) is 53.9 Å². The molecular formula is C77H110Cl2N12O13. The lowest BCUT2D eigenvalue weighted by atomic mass is 9.74. The number of carbonyl (C=O) groups is 12. The number of aryl methyl sites for hydroxylation is 1. The van der Waals surface area contributed by atoms with E-state index < -0.39 is 162 Å². The smallest absolute Gasteiger partial charge is 0.248 e. The number of rotatable bonds is 11. The Hall–Kier alpha value is -7.90. The molecule has 8 heterocycles. The minimum absolute atomic E-state index is 0.0111. The zero-order valence-corrected chi connectivity index (χ0v) is 64.2. The van der Waals surface area contributed by atoms with Crippen molar-refractivity contribution in [2.24, 2.45) is 11.8 Å². The van der Waals surface area contributed by atoms with Crippen LogP contribution >= 0.6 is 23.2 Å². The average molecular weight is 1480 g/mol. The van der Waals surface area contributed by atoms with Crippen LogP contribution in [-0.4, -0.2) is 263 Å². The second-order valence-electron chi connectivity index (χ2n) is 29.3. The number of amides is 12. The number of likely N-dealkylation sites (tertiary alicyclic amines) is 1. The normalized spacial score (nSPS) is 27.3. The van der Waals surface area contributed by atoms with E-state index in [0.29, 0.717) is 93.4 Å².